The molecule has 0 fully saturated rings. The minimum absolute atomic E-state index is 0.0562. The molecule has 1 amide bonds. The Balaban J connectivity index is 1.91. The highest BCUT2D eigenvalue weighted by atomic mass is 35.5. The third-order valence-corrected chi connectivity index (χ3v) is 6.15. The molecule has 156 valence electrons. The Labute approximate surface area is 174 Å². The van der Waals surface area contributed by atoms with Gasteiger partial charge in [0.25, 0.3) is 5.91 Å². The molecule has 30 heavy (non-hydrogen) atoms. The Morgan fingerprint density at radius 3 is 2.37 bits per heavy atom. The number of amides is 1. The number of benzene rings is 2. The van der Waals surface area contributed by atoms with E-state index in [4.69, 9.17) is 11.6 Å². The molecule has 0 aliphatic heterocycles. The summed E-state index contributed by atoms with van der Waals surface area (Å²) in [5.74, 6) is -6.18. The van der Waals surface area contributed by atoms with Gasteiger partial charge in [0.05, 0.1) is 9.92 Å². The van der Waals surface area contributed by atoms with Gasteiger partial charge in [-0.2, -0.15) is 0 Å². The molecule has 0 aliphatic rings. The van der Waals surface area contributed by atoms with Gasteiger partial charge in [-0.25, -0.2) is 21.6 Å². The zero-order valence-corrected chi connectivity index (χ0v) is 16.5. The number of hydrogen-bond donors (Lipinski definition) is 2. The third kappa shape index (κ3) is 4.55. The highest BCUT2D eigenvalue weighted by Gasteiger charge is 2.25. The van der Waals surface area contributed by atoms with Gasteiger partial charge in [0.2, 0.25) is 11.9 Å². The van der Waals surface area contributed by atoms with E-state index in [1.165, 1.54) is 36.5 Å². The van der Waals surface area contributed by atoms with Crippen molar-refractivity contribution in [2.75, 3.05) is 5.32 Å². The van der Waals surface area contributed by atoms with Crippen molar-refractivity contribution >= 4 is 33.0 Å². The van der Waals surface area contributed by atoms with Crippen molar-refractivity contribution in [1.29, 1.82) is 0 Å². The average molecular weight is 458 g/mol. The minimum atomic E-state index is -4.08. The Bertz CT molecular complexity index is 1230. The Kier molecular flexibility index (Phi) is 5.99. The van der Waals surface area contributed by atoms with Crippen molar-refractivity contribution in [3.05, 3.63) is 88.5 Å². The van der Waals surface area contributed by atoms with E-state index in [-0.39, 0.29) is 26.9 Å². The fourth-order valence-electron chi connectivity index (χ4n) is 2.57. The second-order valence-electron chi connectivity index (χ2n) is 6.15. The number of anilines is 1. The van der Waals surface area contributed by atoms with E-state index in [2.05, 4.69) is 5.32 Å². The zero-order valence-electron chi connectivity index (χ0n) is 14.9. The van der Waals surface area contributed by atoms with Gasteiger partial charge >= 0.3 is 0 Å². The van der Waals surface area contributed by atoms with E-state index in [1.807, 2.05) is 0 Å². The number of carbonyl (C=O) groups is 1. The van der Waals surface area contributed by atoms with E-state index in [0.717, 1.165) is 6.07 Å². The van der Waals surface area contributed by atoms with Crippen LogP contribution in [0.4, 0.5) is 18.9 Å². The number of nitrogens with zero attached hydrogens (tertiary/aromatic N) is 1. The van der Waals surface area contributed by atoms with Crippen LogP contribution in [0.3, 0.4) is 0 Å². The Hall–Kier alpha value is -3.11. The first-order chi connectivity index (χ1) is 14.1. The topological polar surface area (TPSA) is 87.4 Å². The maximum absolute atomic E-state index is 13.3. The van der Waals surface area contributed by atoms with Crippen molar-refractivity contribution in [2.45, 2.75) is 10.6 Å². The Morgan fingerprint density at radius 2 is 1.73 bits per heavy atom. The number of sulfone groups is 1. The molecule has 0 saturated carbocycles. The first-order valence-electron chi connectivity index (χ1n) is 8.25. The van der Waals surface area contributed by atoms with Crippen LogP contribution in [0.15, 0.2) is 59.6 Å². The lowest BCUT2D eigenvalue weighted by atomic mass is 10.2. The summed E-state index contributed by atoms with van der Waals surface area (Å²) in [6.07, 6.45) is 1.25. The molecular weight excluding hydrogens is 445 g/mol. The van der Waals surface area contributed by atoms with Gasteiger partial charge in [-0.15, -0.1) is 0 Å². The lowest BCUT2D eigenvalue weighted by Gasteiger charge is -2.09. The first-order valence-corrected chi connectivity index (χ1v) is 10.3. The molecule has 0 bridgehead atoms. The van der Waals surface area contributed by atoms with Crippen LogP contribution in [-0.2, 0) is 15.6 Å². The normalized spacial score (nSPS) is 11.3. The number of rotatable bonds is 5. The van der Waals surface area contributed by atoms with Crippen molar-refractivity contribution in [2.24, 2.45) is 0 Å². The molecule has 2 aromatic carbocycles. The highest BCUT2D eigenvalue weighted by molar-refractivity contribution is 7.90. The number of pyridine rings is 1. The minimum Gasteiger partial charge on any atom is -0.322 e. The van der Waals surface area contributed by atoms with Gasteiger partial charge in [-0.05, 0) is 24.3 Å². The van der Waals surface area contributed by atoms with Gasteiger partial charge in [0, 0.05) is 40.2 Å². The molecule has 3 aromatic rings. The van der Waals surface area contributed by atoms with Crippen LogP contribution < -0.4 is 10.0 Å². The SMILES string of the molecule is O=C(Nc1cc(F)c(F)c(F)c1)c1ccc(Cl)c(S(=O)(=O)Cc2cccc[n+]2O)c1. The van der Waals surface area contributed by atoms with Crippen LogP contribution in [0.25, 0.3) is 0 Å². The van der Waals surface area contributed by atoms with Gasteiger partial charge in [0.15, 0.2) is 27.3 Å². The summed E-state index contributed by atoms with van der Waals surface area (Å²) in [5, 5.41) is 11.7. The maximum Gasteiger partial charge on any atom is 0.255 e. The second kappa shape index (κ2) is 8.33. The third-order valence-electron chi connectivity index (χ3n) is 4.03. The molecule has 11 heteroatoms. The molecular formula is C19H13ClF3N2O4S+. The van der Waals surface area contributed by atoms with Crippen molar-refractivity contribution < 1.29 is 36.3 Å². The monoisotopic (exact) mass is 457 g/mol. The smallest absolute Gasteiger partial charge is 0.255 e. The maximum atomic E-state index is 13.3. The lowest BCUT2D eigenvalue weighted by molar-refractivity contribution is -0.909. The standard InChI is InChI=1S/C19H12ClF3N2O4S/c20-14-5-4-11(19(26)24-12-8-15(21)18(23)16(22)9-12)7-17(14)30(28,29)10-13-3-1-2-6-25(13)27/h1-9H,10H2,(H-,24,26,27)/p+1. The largest absolute Gasteiger partial charge is 0.322 e. The molecule has 6 nitrogen and oxygen atoms in total. The van der Waals surface area contributed by atoms with E-state index in [1.54, 1.807) is 0 Å². The lowest BCUT2D eigenvalue weighted by Crippen LogP contribution is -2.35. The number of nitrogens with one attached hydrogen (secondary N) is 1. The molecule has 3 rings (SSSR count). The van der Waals surface area contributed by atoms with Gasteiger partial charge in [-0.3, -0.25) is 10.0 Å². The molecule has 1 aromatic heterocycles. The molecule has 0 unspecified atom stereocenters. The number of halogens is 4. The summed E-state index contributed by atoms with van der Waals surface area (Å²) in [4.78, 5) is 12.0. The van der Waals surface area contributed by atoms with Crippen molar-refractivity contribution in [3.63, 3.8) is 0 Å². The van der Waals surface area contributed by atoms with Crippen LogP contribution in [0, 0.1) is 17.5 Å². The highest BCUT2D eigenvalue weighted by Crippen LogP contribution is 2.26. The molecule has 2 N–H and O–H groups in total. The van der Waals surface area contributed by atoms with Gasteiger partial charge in [-0.1, -0.05) is 11.6 Å². The predicted molar refractivity (Wildman–Crippen MR) is 100 cm³/mol. The molecule has 1 heterocycles. The van der Waals surface area contributed by atoms with Crippen LogP contribution in [0.1, 0.15) is 16.1 Å². The predicted octanol–water partition coefficient (Wildman–Crippen LogP) is 3.51. The fourth-order valence-corrected chi connectivity index (χ4v) is 4.49. The Morgan fingerprint density at radius 1 is 1.07 bits per heavy atom. The molecule has 0 saturated heterocycles. The van der Waals surface area contributed by atoms with E-state index in [9.17, 15) is 31.6 Å². The molecule has 0 radical (unpaired) electrons. The average Bonchev–Trinajstić information content (AvgIpc) is 2.68. The van der Waals surface area contributed by atoms with Gasteiger partial charge in [0.1, 0.15) is 5.75 Å². The number of carbonyl (C=O) groups excluding carboxylic acids is 1. The van der Waals surface area contributed by atoms with E-state index >= 15 is 0 Å². The summed E-state index contributed by atoms with van der Waals surface area (Å²) < 4.78 is 65.8. The molecule has 0 aliphatic carbocycles. The van der Waals surface area contributed by atoms with Crippen molar-refractivity contribution in [1.82, 2.24) is 0 Å². The van der Waals surface area contributed by atoms with Crippen LogP contribution >= 0.6 is 11.6 Å². The summed E-state index contributed by atoms with van der Waals surface area (Å²) in [5.41, 5.74) is -0.477. The van der Waals surface area contributed by atoms with Crippen LogP contribution in [0.5, 0.6) is 0 Å². The van der Waals surface area contributed by atoms with Crippen LogP contribution in [-0.4, -0.2) is 19.5 Å². The molecule has 0 spiro atoms. The van der Waals surface area contributed by atoms with Crippen molar-refractivity contribution in [3.8, 4) is 0 Å². The fraction of sp³-hybridized carbons (Fsp3) is 0.0526. The number of hydrogen-bond acceptors (Lipinski definition) is 4. The summed E-state index contributed by atoms with van der Waals surface area (Å²) in [6, 6.07) is 8.96. The summed E-state index contributed by atoms with van der Waals surface area (Å²) in [7, 11) is -4.08. The molecule has 0 atom stereocenters. The first kappa shape index (κ1) is 21.6. The number of aromatic nitrogens is 1. The van der Waals surface area contributed by atoms with E-state index in [0.29, 0.717) is 16.9 Å². The van der Waals surface area contributed by atoms with Crippen LogP contribution in [0.2, 0.25) is 5.02 Å². The second-order valence-corrected chi connectivity index (χ2v) is 8.51. The summed E-state index contributed by atoms with van der Waals surface area (Å²) >= 11 is 5.99. The quantitative estimate of drug-likeness (QED) is 0.349. The van der Waals surface area contributed by atoms with E-state index < -0.39 is 38.9 Å². The van der Waals surface area contributed by atoms with Gasteiger partial charge < -0.3 is 5.32 Å². The zero-order chi connectivity index (χ0) is 22.1. The summed E-state index contributed by atoms with van der Waals surface area (Å²) in [6.45, 7) is 0.